The van der Waals surface area contributed by atoms with Crippen LogP contribution in [-0.4, -0.2) is 61.6 Å². The van der Waals surface area contributed by atoms with Crippen LogP contribution >= 0.6 is 0 Å². The average Bonchev–Trinajstić information content (AvgIpc) is 3.11. The second-order valence-electron chi connectivity index (χ2n) is 9.35. The molecule has 1 saturated heterocycles. The van der Waals surface area contributed by atoms with Crippen LogP contribution in [0, 0.1) is 0 Å². The molecular weight excluding hydrogens is 446 g/mol. The molecule has 10 heteroatoms. The monoisotopic (exact) mass is 477 g/mol. The number of rotatable bonds is 5. The minimum Gasteiger partial charge on any atom is -0.497 e. The minimum absolute atomic E-state index is 0.0535. The van der Waals surface area contributed by atoms with Gasteiger partial charge in [0.05, 0.1) is 41.7 Å². The maximum atomic E-state index is 13.1. The van der Waals surface area contributed by atoms with Crippen molar-refractivity contribution in [2.24, 2.45) is 0 Å². The lowest BCUT2D eigenvalue weighted by atomic mass is 10.0. The van der Waals surface area contributed by atoms with E-state index in [1.54, 1.807) is 29.8 Å². The third-order valence-electron chi connectivity index (χ3n) is 5.70. The summed E-state index contributed by atoms with van der Waals surface area (Å²) in [5.41, 5.74) is 1.22. The van der Waals surface area contributed by atoms with E-state index < -0.39 is 15.8 Å². The van der Waals surface area contributed by atoms with Gasteiger partial charge in [-0.3, -0.25) is 9.52 Å². The van der Waals surface area contributed by atoms with E-state index in [4.69, 9.17) is 14.3 Å². The average molecular weight is 478 g/mol. The molecule has 1 fully saturated rings. The van der Waals surface area contributed by atoms with Crippen LogP contribution in [0.5, 0.6) is 5.75 Å². The van der Waals surface area contributed by atoms with Crippen LogP contribution < -0.4 is 4.74 Å². The number of esters is 1. The summed E-state index contributed by atoms with van der Waals surface area (Å²) in [5, 5.41) is 6.57. The second kappa shape index (κ2) is 8.73. The first-order valence-electron chi connectivity index (χ1n) is 11.2. The quantitative estimate of drug-likeness (QED) is 0.604. The summed E-state index contributed by atoms with van der Waals surface area (Å²) in [6.45, 7) is 9.24. The van der Waals surface area contributed by atoms with Crippen molar-refractivity contribution in [2.45, 2.75) is 62.8 Å². The number of hydrogen-bond acceptors (Lipinski definition) is 8. The molecule has 0 spiro atoms. The Morgan fingerprint density at radius 3 is 2.70 bits per heavy atom. The zero-order chi connectivity index (χ0) is 24.0. The van der Waals surface area contributed by atoms with E-state index in [0.717, 1.165) is 19.4 Å². The van der Waals surface area contributed by atoms with Gasteiger partial charge < -0.3 is 9.47 Å². The van der Waals surface area contributed by atoms with Gasteiger partial charge in [-0.15, -0.1) is 0 Å². The van der Waals surface area contributed by atoms with Crippen molar-refractivity contribution in [1.29, 1.82) is 0 Å². The fourth-order valence-electron chi connectivity index (χ4n) is 4.47. The zero-order valence-corrected chi connectivity index (χ0v) is 20.6. The van der Waals surface area contributed by atoms with Gasteiger partial charge in [0.1, 0.15) is 5.75 Å². The first-order chi connectivity index (χ1) is 15.5. The summed E-state index contributed by atoms with van der Waals surface area (Å²) in [6, 6.07) is 4.79. The number of methoxy groups -OCH3 is 1. The number of sulfone groups is 1. The van der Waals surface area contributed by atoms with Crippen LogP contribution in [0.4, 0.5) is 0 Å². The standard InChI is InChI=1S/C23H31N3O6S/c1-6-31-22(27)20-18-14-33(28,29)19-10-9-16(30-5)12-17(19)21(18)26(24-20)15-8-7-11-25(13-15)32-23(2,3)4/h9-10,12,15H,6-8,11,13-14H2,1-5H3. The Hall–Kier alpha value is -2.43. The highest BCUT2D eigenvalue weighted by Gasteiger charge is 2.39. The lowest BCUT2D eigenvalue weighted by Gasteiger charge is -2.37. The van der Waals surface area contributed by atoms with Crippen molar-refractivity contribution in [3.8, 4) is 17.0 Å². The highest BCUT2D eigenvalue weighted by molar-refractivity contribution is 7.90. The largest absolute Gasteiger partial charge is 0.497 e. The number of ether oxygens (including phenoxy) is 2. The van der Waals surface area contributed by atoms with Crippen LogP contribution in [0.15, 0.2) is 23.1 Å². The smallest absolute Gasteiger partial charge is 0.359 e. The van der Waals surface area contributed by atoms with Crippen LogP contribution in [0.2, 0.25) is 0 Å². The topological polar surface area (TPSA) is 100.0 Å². The van der Waals surface area contributed by atoms with Gasteiger partial charge in [-0.1, -0.05) is 0 Å². The summed E-state index contributed by atoms with van der Waals surface area (Å²) in [4.78, 5) is 19.1. The molecule has 2 aromatic rings. The normalized spacial score (nSPS) is 20.1. The van der Waals surface area contributed by atoms with Gasteiger partial charge in [-0.2, -0.15) is 10.2 Å². The van der Waals surface area contributed by atoms with E-state index >= 15 is 0 Å². The Kier molecular flexibility index (Phi) is 6.28. The molecule has 4 rings (SSSR count). The van der Waals surface area contributed by atoms with Crippen LogP contribution in [0.25, 0.3) is 11.3 Å². The molecule has 9 nitrogen and oxygen atoms in total. The number of nitrogens with zero attached hydrogens (tertiary/aromatic N) is 3. The van der Waals surface area contributed by atoms with Gasteiger partial charge in [0.15, 0.2) is 15.5 Å². The molecule has 0 aliphatic carbocycles. The van der Waals surface area contributed by atoms with Crippen LogP contribution in [0.1, 0.15) is 62.6 Å². The Balaban J connectivity index is 1.87. The molecule has 180 valence electrons. The van der Waals surface area contributed by atoms with Gasteiger partial charge in [-0.25, -0.2) is 13.2 Å². The number of hydrogen-bond donors (Lipinski definition) is 0. The van der Waals surface area contributed by atoms with E-state index in [1.807, 2.05) is 25.8 Å². The van der Waals surface area contributed by atoms with Crippen molar-refractivity contribution < 1.29 is 27.5 Å². The fourth-order valence-corrected chi connectivity index (χ4v) is 6.04. The summed E-state index contributed by atoms with van der Waals surface area (Å²) in [7, 11) is -2.12. The molecule has 33 heavy (non-hydrogen) atoms. The number of carbonyl (C=O) groups excluding carboxylic acids is 1. The molecule has 3 heterocycles. The summed E-state index contributed by atoms with van der Waals surface area (Å²) >= 11 is 0. The Labute approximate surface area is 194 Å². The zero-order valence-electron chi connectivity index (χ0n) is 19.8. The molecule has 1 atom stereocenters. The number of piperidine rings is 1. The Bertz CT molecular complexity index is 1170. The van der Waals surface area contributed by atoms with Gasteiger partial charge in [0.2, 0.25) is 0 Å². The molecule has 2 aliphatic heterocycles. The molecular formula is C23H31N3O6S. The van der Waals surface area contributed by atoms with Gasteiger partial charge in [0, 0.05) is 24.2 Å². The number of fused-ring (bicyclic) bond motifs is 3. The summed E-state index contributed by atoms with van der Waals surface area (Å²) in [5.74, 6) is -0.388. The molecule has 0 bridgehead atoms. The fraction of sp³-hybridized carbons (Fsp3) is 0.565. The van der Waals surface area contributed by atoms with Crippen LogP contribution in [-0.2, 0) is 25.2 Å². The van der Waals surface area contributed by atoms with E-state index in [9.17, 15) is 13.2 Å². The minimum atomic E-state index is -3.66. The highest BCUT2D eigenvalue weighted by Crippen LogP contribution is 2.43. The van der Waals surface area contributed by atoms with Crippen LogP contribution in [0.3, 0.4) is 0 Å². The molecule has 1 unspecified atom stereocenters. The molecule has 1 aromatic carbocycles. The highest BCUT2D eigenvalue weighted by atomic mass is 32.2. The molecule has 2 aliphatic rings. The number of aromatic nitrogens is 2. The van der Waals surface area contributed by atoms with Gasteiger partial charge in [0.25, 0.3) is 0 Å². The summed E-state index contributed by atoms with van der Waals surface area (Å²) in [6.07, 6.45) is 1.71. The van der Waals surface area contributed by atoms with E-state index in [0.29, 0.717) is 29.1 Å². The lowest BCUT2D eigenvalue weighted by Crippen LogP contribution is -2.41. The summed E-state index contributed by atoms with van der Waals surface area (Å²) < 4.78 is 38.6. The maximum Gasteiger partial charge on any atom is 0.359 e. The number of hydroxylamine groups is 2. The van der Waals surface area contributed by atoms with E-state index in [-0.39, 0.29) is 34.6 Å². The van der Waals surface area contributed by atoms with E-state index in [1.165, 1.54) is 7.11 Å². The van der Waals surface area contributed by atoms with Crippen molar-refractivity contribution in [3.63, 3.8) is 0 Å². The predicted octanol–water partition coefficient (Wildman–Crippen LogP) is 3.39. The molecule has 0 radical (unpaired) electrons. The third kappa shape index (κ3) is 4.64. The predicted molar refractivity (Wildman–Crippen MR) is 122 cm³/mol. The van der Waals surface area contributed by atoms with Gasteiger partial charge in [-0.05, 0) is 58.7 Å². The molecule has 0 amide bonds. The van der Waals surface area contributed by atoms with Crippen molar-refractivity contribution in [1.82, 2.24) is 14.8 Å². The van der Waals surface area contributed by atoms with E-state index in [2.05, 4.69) is 5.10 Å². The third-order valence-corrected chi connectivity index (χ3v) is 7.39. The molecule has 0 saturated carbocycles. The number of carbonyl (C=O) groups is 1. The SMILES string of the molecule is CCOC(=O)c1nn(C2CCCN(OC(C)(C)C)C2)c2c1CS(=O)(=O)c1ccc(OC)cc1-2. The van der Waals surface area contributed by atoms with Crippen molar-refractivity contribution >= 4 is 15.8 Å². The first-order valence-corrected chi connectivity index (χ1v) is 12.8. The molecule has 1 aromatic heterocycles. The van der Waals surface area contributed by atoms with Gasteiger partial charge >= 0.3 is 5.97 Å². The van der Waals surface area contributed by atoms with Crippen molar-refractivity contribution in [3.05, 3.63) is 29.5 Å². The van der Waals surface area contributed by atoms with Crippen molar-refractivity contribution in [2.75, 3.05) is 26.8 Å². The number of benzene rings is 1. The second-order valence-corrected chi connectivity index (χ2v) is 11.3. The maximum absolute atomic E-state index is 13.1. The lowest BCUT2D eigenvalue weighted by molar-refractivity contribution is -0.240. The first kappa shape index (κ1) is 23.7. The Morgan fingerprint density at radius 2 is 2.03 bits per heavy atom. The Morgan fingerprint density at radius 1 is 1.27 bits per heavy atom. The molecule has 0 N–H and O–H groups in total.